The molecule has 0 saturated heterocycles. The van der Waals surface area contributed by atoms with E-state index in [-0.39, 0.29) is 11.2 Å². The number of aliphatic imine (C=N–C) groups is 1. The van der Waals surface area contributed by atoms with E-state index in [4.69, 9.17) is 0 Å². The van der Waals surface area contributed by atoms with Crippen LogP contribution in [0.1, 0.15) is 39.5 Å². The molecule has 0 aromatic rings. The van der Waals surface area contributed by atoms with Gasteiger partial charge in [0.25, 0.3) is 0 Å². The van der Waals surface area contributed by atoms with E-state index in [1.54, 1.807) is 25.4 Å². The van der Waals surface area contributed by atoms with Crippen LogP contribution in [0.3, 0.4) is 0 Å². The molecule has 0 aromatic heterocycles. The quantitative estimate of drug-likeness (QED) is 0.247. The van der Waals surface area contributed by atoms with Crippen LogP contribution in [0.4, 0.5) is 0 Å². The lowest BCUT2D eigenvalue weighted by molar-refractivity contribution is -0.120. The monoisotopic (exact) mass is 405 g/mol. The maximum Gasteiger partial charge on any atom is 0.220 e. The standard InChI is InChI=1S/C22H35N3O2S/c1-6-11-21(18-20(7-2)14-17-23-5)12-10-15-24-22(26)13-8-9-16-25-28(27)19(3)4/h6-7,10-12,14,17,19,25H,1-2,8-9,13,15-16,18H2,3-5H3,(H,24,26)/b12-10-,20-14+,21-11+,23-17?. The zero-order chi connectivity index (χ0) is 21.2. The van der Waals surface area contributed by atoms with Crippen LogP contribution in [0.2, 0.25) is 0 Å². The number of amides is 1. The maximum atomic E-state index is 11.9. The Morgan fingerprint density at radius 3 is 2.54 bits per heavy atom. The fraction of sp³-hybridized carbons (Fsp3) is 0.455. The molecule has 0 radical (unpaired) electrons. The Kier molecular flexibility index (Phi) is 15.8. The molecule has 28 heavy (non-hydrogen) atoms. The zero-order valence-electron chi connectivity index (χ0n) is 17.4. The number of unbranched alkanes of at least 4 members (excludes halogenated alkanes) is 1. The summed E-state index contributed by atoms with van der Waals surface area (Å²) >= 11 is 0. The first-order valence-electron chi connectivity index (χ1n) is 9.57. The van der Waals surface area contributed by atoms with E-state index < -0.39 is 11.0 Å². The van der Waals surface area contributed by atoms with Gasteiger partial charge in [-0.05, 0) is 50.3 Å². The fourth-order valence-corrected chi connectivity index (χ4v) is 2.83. The first-order chi connectivity index (χ1) is 13.4. The smallest absolute Gasteiger partial charge is 0.220 e. The van der Waals surface area contributed by atoms with Gasteiger partial charge in [-0.1, -0.05) is 43.5 Å². The number of hydrogen-bond acceptors (Lipinski definition) is 3. The Balaban J connectivity index is 4.22. The molecule has 2 N–H and O–H groups in total. The Hall–Kier alpha value is -2.05. The van der Waals surface area contributed by atoms with Gasteiger partial charge in [0, 0.05) is 38.0 Å². The molecule has 0 aliphatic rings. The van der Waals surface area contributed by atoms with Crippen molar-refractivity contribution in [2.45, 2.75) is 44.8 Å². The molecule has 156 valence electrons. The second-order valence-electron chi connectivity index (χ2n) is 6.41. The average Bonchev–Trinajstić information content (AvgIpc) is 2.67. The molecule has 0 spiro atoms. The minimum Gasteiger partial charge on any atom is -0.353 e. The number of hydrogen-bond donors (Lipinski definition) is 2. The molecule has 0 rings (SSSR count). The Labute approximate surface area is 173 Å². The van der Waals surface area contributed by atoms with E-state index in [0.717, 1.165) is 30.4 Å². The van der Waals surface area contributed by atoms with Gasteiger partial charge in [-0.15, -0.1) is 0 Å². The number of nitrogens with one attached hydrogen (secondary N) is 2. The van der Waals surface area contributed by atoms with E-state index in [2.05, 4.69) is 28.2 Å². The molecule has 0 bridgehead atoms. The summed E-state index contributed by atoms with van der Waals surface area (Å²) in [6.07, 6.45) is 15.8. The van der Waals surface area contributed by atoms with Crippen LogP contribution in [-0.2, 0) is 15.8 Å². The third kappa shape index (κ3) is 14.1. The maximum absolute atomic E-state index is 11.9. The number of carbonyl (C=O) groups excluding carboxylic acids is 1. The van der Waals surface area contributed by atoms with Gasteiger partial charge >= 0.3 is 0 Å². The number of carbonyl (C=O) groups is 1. The van der Waals surface area contributed by atoms with Gasteiger partial charge in [-0.25, -0.2) is 8.93 Å². The van der Waals surface area contributed by atoms with Crippen molar-refractivity contribution in [2.24, 2.45) is 4.99 Å². The summed E-state index contributed by atoms with van der Waals surface area (Å²) in [7, 11) is 0.730. The SMILES string of the molecule is C=C/C=C(\C=C/CNC(=O)CCCCNS(=O)C(C)C)C/C(C=C)=C/C=NC. The third-order valence-corrected chi connectivity index (χ3v) is 5.04. The average molecular weight is 406 g/mol. The Bertz CT molecular complexity index is 632. The summed E-state index contributed by atoms with van der Waals surface area (Å²) in [5.41, 5.74) is 2.13. The number of nitrogens with zero attached hydrogens (tertiary/aromatic N) is 1. The molecule has 0 aliphatic heterocycles. The van der Waals surface area contributed by atoms with Crippen LogP contribution in [0.25, 0.3) is 0 Å². The van der Waals surface area contributed by atoms with E-state index in [1.165, 1.54) is 0 Å². The predicted molar refractivity (Wildman–Crippen MR) is 123 cm³/mol. The van der Waals surface area contributed by atoms with Gasteiger partial charge in [0.15, 0.2) is 0 Å². The molecule has 1 unspecified atom stereocenters. The van der Waals surface area contributed by atoms with Crippen molar-refractivity contribution in [3.63, 3.8) is 0 Å². The van der Waals surface area contributed by atoms with Crippen molar-refractivity contribution < 1.29 is 9.00 Å². The van der Waals surface area contributed by atoms with Gasteiger partial charge < -0.3 is 5.32 Å². The van der Waals surface area contributed by atoms with Crippen LogP contribution >= 0.6 is 0 Å². The van der Waals surface area contributed by atoms with Gasteiger partial charge in [0.05, 0.1) is 11.0 Å². The van der Waals surface area contributed by atoms with Crippen LogP contribution in [0.15, 0.2) is 65.8 Å². The summed E-state index contributed by atoms with van der Waals surface area (Å²) in [4.78, 5) is 15.8. The van der Waals surface area contributed by atoms with Crippen LogP contribution in [0, 0.1) is 0 Å². The molecular weight excluding hydrogens is 370 g/mol. The highest BCUT2D eigenvalue weighted by Gasteiger charge is 2.04. The molecule has 0 heterocycles. The molecule has 1 atom stereocenters. The molecule has 1 amide bonds. The molecule has 0 aliphatic carbocycles. The van der Waals surface area contributed by atoms with Crippen molar-refractivity contribution in [3.05, 3.63) is 60.8 Å². The van der Waals surface area contributed by atoms with Gasteiger partial charge in [-0.2, -0.15) is 0 Å². The van der Waals surface area contributed by atoms with E-state index in [1.807, 2.05) is 38.2 Å². The summed E-state index contributed by atoms with van der Waals surface area (Å²) in [6.45, 7) is 12.5. The van der Waals surface area contributed by atoms with E-state index >= 15 is 0 Å². The van der Waals surface area contributed by atoms with Crippen molar-refractivity contribution in [2.75, 3.05) is 20.1 Å². The lowest BCUT2D eigenvalue weighted by atomic mass is 10.0. The minimum atomic E-state index is -0.995. The van der Waals surface area contributed by atoms with Crippen molar-refractivity contribution in [3.8, 4) is 0 Å². The van der Waals surface area contributed by atoms with Crippen molar-refractivity contribution >= 4 is 23.1 Å². The van der Waals surface area contributed by atoms with Crippen LogP contribution in [-0.4, -0.2) is 41.7 Å². The first kappa shape index (κ1) is 26.0. The second kappa shape index (κ2) is 17.1. The van der Waals surface area contributed by atoms with E-state index in [9.17, 15) is 9.00 Å². The zero-order valence-corrected chi connectivity index (χ0v) is 18.3. The molecular formula is C22H35N3O2S. The molecule has 0 fully saturated rings. The summed E-state index contributed by atoms with van der Waals surface area (Å²) in [5.74, 6) is 0.0229. The predicted octanol–water partition coefficient (Wildman–Crippen LogP) is 3.81. The van der Waals surface area contributed by atoms with Gasteiger partial charge in [0.1, 0.15) is 0 Å². The third-order valence-electron chi connectivity index (χ3n) is 3.69. The number of allylic oxidation sites excluding steroid dienone is 7. The van der Waals surface area contributed by atoms with Crippen LogP contribution in [0.5, 0.6) is 0 Å². The Morgan fingerprint density at radius 1 is 1.18 bits per heavy atom. The summed E-state index contributed by atoms with van der Waals surface area (Å²) in [5, 5.41) is 2.99. The number of rotatable bonds is 15. The van der Waals surface area contributed by atoms with Gasteiger partial charge in [0.2, 0.25) is 5.91 Å². The normalized spacial score (nSPS) is 14.0. The van der Waals surface area contributed by atoms with Crippen LogP contribution < -0.4 is 10.0 Å². The lowest BCUT2D eigenvalue weighted by Crippen LogP contribution is -2.26. The molecule has 0 aromatic carbocycles. The fourth-order valence-electron chi connectivity index (χ4n) is 2.15. The lowest BCUT2D eigenvalue weighted by Gasteiger charge is -2.07. The Morgan fingerprint density at radius 2 is 1.93 bits per heavy atom. The first-order valence-corrected chi connectivity index (χ1v) is 10.8. The largest absolute Gasteiger partial charge is 0.353 e. The summed E-state index contributed by atoms with van der Waals surface area (Å²) in [6, 6.07) is 0. The van der Waals surface area contributed by atoms with Crippen molar-refractivity contribution in [1.29, 1.82) is 0 Å². The summed E-state index contributed by atoms with van der Waals surface area (Å²) < 4.78 is 14.5. The van der Waals surface area contributed by atoms with Crippen molar-refractivity contribution in [1.82, 2.24) is 10.0 Å². The van der Waals surface area contributed by atoms with Gasteiger partial charge in [-0.3, -0.25) is 9.79 Å². The minimum absolute atomic E-state index is 0.0229. The second-order valence-corrected chi connectivity index (χ2v) is 8.24. The topological polar surface area (TPSA) is 70.6 Å². The molecule has 5 nitrogen and oxygen atoms in total. The molecule has 0 saturated carbocycles. The highest BCUT2D eigenvalue weighted by atomic mass is 32.2. The molecule has 6 heteroatoms. The highest BCUT2D eigenvalue weighted by molar-refractivity contribution is 7.83. The van der Waals surface area contributed by atoms with E-state index in [0.29, 0.717) is 19.5 Å². The highest BCUT2D eigenvalue weighted by Crippen LogP contribution is 2.13.